The van der Waals surface area contributed by atoms with Gasteiger partial charge < -0.3 is 10.2 Å². The molecule has 2 rings (SSSR count). The van der Waals surface area contributed by atoms with E-state index in [1.807, 2.05) is 0 Å². The minimum atomic E-state index is 0.876. The highest BCUT2D eigenvalue weighted by atomic mass is 32.1. The summed E-state index contributed by atoms with van der Waals surface area (Å²) in [7, 11) is 0. The van der Waals surface area contributed by atoms with Gasteiger partial charge in [-0.15, -0.1) is 0 Å². The summed E-state index contributed by atoms with van der Waals surface area (Å²) in [6, 6.07) is 2.22. The first-order valence-corrected chi connectivity index (χ1v) is 7.64. The molecule has 0 saturated carbocycles. The fraction of sp³-hybridized carbons (Fsp3) is 0.714. The van der Waals surface area contributed by atoms with Gasteiger partial charge in [-0.05, 0) is 47.2 Å². The molecule has 1 fully saturated rings. The third-order valence-corrected chi connectivity index (χ3v) is 4.57. The maximum atomic E-state index is 3.54. The normalized spacial score (nSPS) is 25.5. The van der Waals surface area contributed by atoms with Gasteiger partial charge in [0.25, 0.3) is 0 Å². The molecule has 2 unspecified atom stereocenters. The number of hydrogen-bond acceptors (Lipinski definition) is 3. The molecule has 0 spiro atoms. The first kappa shape index (κ1) is 13.1. The Morgan fingerprint density at radius 2 is 2.06 bits per heavy atom. The number of likely N-dealkylation sites (tertiary alicyclic amines) is 1. The lowest BCUT2D eigenvalue weighted by atomic mass is 10.0. The molecular formula is C14H24N2S. The molecule has 0 radical (unpaired) electrons. The van der Waals surface area contributed by atoms with E-state index in [0.29, 0.717) is 0 Å². The summed E-state index contributed by atoms with van der Waals surface area (Å²) in [5.41, 5.74) is 1.46. The third-order valence-electron chi connectivity index (χ3n) is 3.84. The van der Waals surface area contributed by atoms with Crippen LogP contribution < -0.4 is 5.32 Å². The molecule has 1 aromatic rings. The van der Waals surface area contributed by atoms with Crippen LogP contribution in [0.25, 0.3) is 0 Å². The van der Waals surface area contributed by atoms with Crippen molar-refractivity contribution in [1.82, 2.24) is 10.2 Å². The van der Waals surface area contributed by atoms with Crippen LogP contribution in [0.3, 0.4) is 0 Å². The number of rotatable bonds is 6. The van der Waals surface area contributed by atoms with Gasteiger partial charge in [-0.1, -0.05) is 13.8 Å². The van der Waals surface area contributed by atoms with Crippen molar-refractivity contribution in [2.45, 2.75) is 20.3 Å². The molecule has 0 aromatic carbocycles. The zero-order chi connectivity index (χ0) is 12.1. The lowest BCUT2D eigenvalue weighted by Gasteiger charge is -2.15. The molecule has 17 heavy (non-hydrogen) atoms. The van der Waals surface area contributed by atoms with Crippen molar-refractivity contribution in [3.8, 4) is 0 Å². The van der Waals surface area contributed by atoms with Gasteiger partial charge in [0.05, 0.1) is 0 Å². The molecule has 2 nitrogen and oxygen atoms in total. The Kier molecular flexibility index (Phi) is 5.01. The van der Waals surface area contributed by atoms with E-state index in [1.54, 1.807) is 11.3 Å². The predicted octanol–water partition coefficient (Wildman–Crippen LogP) is 2.47. The van der Waals surface area contributed by atoms with Crippen molar-refractivity contribution in [2.75, 3.05) is 32.7 Å². The average molecular weight is 252 g/mol. The largest absolute Gasteiger partial charge is 0.315 e. The molecule has 1 aliphatic heterocycles. The lowest BCUT2D eigenvalue weighted by Crippen LogP contribution is -2.31. The van der Waals surface area contributed by atoms with Crippen molar-refractivity contribution in [3.05, 3.63) is 22.4 Å². The van der Waals surface area contributed by atoms with Crippen LogP contribution in [0.15, 0.2) is 16.8 Å². The number of nitrogens with zero attached hydrogens (tertiary/aromatic N) is 1. The molecule has 0 bridgehead atoms. The van der Waals surface area contributed by atoms with Gasteiger partial charge in [0.15, 0.2) is 0 Å². The fourth-order valence-electron chi connectivity index (χ4n) is 2.46. The van der Waals surface area contributed by atoms with Gasteiger partial charge in [-0.25, -0.2) is 0 Å². The minimum absolute atomic E-state index is 0.876. The van der Waals surface area contributed by atoms with Crippen molar-refractivity contribution in [1.29, 1.82) is 0 Å². The van der Waals surface area contributed by atoms with Gasteiger partial charge in [-0.3, -0.25) is 0 Å². The minimum Gasteiger partial charge on any atom is -0.315 e. The quantitative estimate of drug-likeness (QED) is 0.783. The van der Waals surface area contributed by atoms with Crippen LogP contribution in [0.1, 0.15) is 19.4 Å². The Bertz CT molecular complexity index is 300. The number of nitrogens with one attached hydrogen (secondary N) is 1. The first-order valence-electron chi connectivity index (χ1n) is 6.70. The summed E-state index contributed by atoms with van der Waals surface area (Å²) in [6.07, 6.45) is 1.16. The van der Waals surface area contributed by atoms with Gasteiger partial charge in [-0.2, -0.15) is 11.3 Å². The van der Waals surface area contributed by atoms with Crippen LogP contribution in [0.4, 0.5) is 0 Å². The molecule has 0 aliphatic carbocycles. The molecule has 1 N–H and O–H groups in total. The monoisotopic (exact) mass is 252 g/mol. The average Bonchev–Trinajstić information content (AvgIpc) is 2.90. The maximum absolute atomic E-state index is 3.54. The van der Waals surface area contributed by atoms with E-state index in [2.05, 4.69) is 40.9 Å². The highest BCUT2D eigenvalue weighted by molar-refractivity contribution is 7.07. The molecule has 1 aliphatic rings. The highest BCUT2D eigenvalue weighted by Crippen LogP contribution is 2.21. The van der Waals surface area contributed by atoms with Crippen LogP contribution >= 0.6 is 11.3 Å². The highest BCUT2D eigenvalue weighted by Gasteiger charge is 2.24. The zero-order valence-corrected chi connectivity index (χ0v) is 11.8. The van der Waals surface area contributed by atoms with Gasteiger partial charge in [0, 0.05) is 26.2 Å². The summed E-state index contributed by atoms with van der Waals surface area (Å²) < 4.78 is 0. The maximum Gasteiger partial charge on any atom is 0.0107 e. The Morgan fingerprint density at radius 3 is 2.71 bits per heavy atom. The number of thiophene rings is 1. The third kappa shape index (κ3) is 4.09. The molecule has 1 saturated heterocycles. The van der Waals surface area contributed by atoms with E-state index < -0.39 is 0 Å². The van der Waals surface area contributed by atoms with Crippen LogP contribution in [-0.4, -0.2) is 37.6 Å². The topological polar surface area (TPSA) is 15.3 Å². The van der Waals surface area contributed by atoms with Crippen LogP contribution in [0.2, 0.25) is 0 Å². The summed E-state index contributed by atoms with van der Waals surface area (Å²) >= 11 is 1.79. The molecule has 1 aromatic heterocycles. The molecule has 2 atom stereocenters. The fourth-order valence-corrected chi connectivity index (χ4v) is 3.16. The van der Waals surface area contributed by atoms with Crippen molar-refractivity contribution in [3.63, 3.8) is 0 Å². The van der Waals surface area contributed by atoms with E-state index in [1.165, 1.54) is 25.2 Å². The van der Waals surface area contributed by atoms with Crippen LogP contribution in [-0.2, 0) is 6.42 Å². The Balaban J connectivity index is 1.52. The van der Waals surface area contributed by atoms with Gasteiger partial charge >= 0.3 is 0 Å². The summed E-state index contributed by atoms with van der Waals surface area (Å²) in [6.45, 7) is 10.8. The predicted molar refractivity (Wildman–Crippen MR) is 75.7 cm³/mol. The Morgan fingerprint density at radius 1 is 1.29 bits per heavy atom. The summed E-state index contributed by atoms with van der Waals surface area (Å²) in [5.74, 6) is 1.75. The van der Waals surface area contributed by atoms with Crippen molar-refractivity contribution in [2.24, 2.45) is 11.8 Å². The molecule has 2 heterocycles. The second-order valence-electron chi connectivity index (χ2n) is 5.35. The number of hydrogen-bond donors (Lipinski definition) is 1. The zero-order valence-electron chi connectivity index (χ0n) is 11.0. The van der Waals surface area contributed by atoms with E-state index in [-0.39, 0.29) is 0 Å². The van der Waals surface area contributed by atoms with E-state index in [4.69, 9.17) is 0 Å². The smallest absolute Gasteiger partial charge is 0.0107 e. The van der Waals surface area contributed by atoms with Crippen molar-refractivity contribution < 1.29 is 0 Å². The molecule has 3 heteroatoms. The standard InChI is InChI=1S/C14H24N2S/c1-12-9-16(10-13(12)2)7-6-15-5-3-14-4-8-17-11-14/h4,8,11-13,15H,3,5-7,9-10H2,1-2H3. The molecular weight excluding hydrogens is 228 g/mol. The second-order valence-corrected chi connectivity index (χ2v) is 6.13. The molecule has 0 amide bonds. The van der Waals surface area contributed by atoms with E-state index in [0.717, 1.165) is 31.3 Å². The van der Waals surface area contributed by atoms with Gasteiger partial charge in [0.2, 0.25) is 0 Å². The Labute approximate surface area is 109 Å². The van der Waals surface area contributed by atoms with E-state index in [9.17, 15) is 0 Å². The second kappa shape index (κ2) is 6.53. The molecule has 96 valence electrons. The van der Waals surface area contributed by atoms with Gasteiger partial charge in [0.1, 0.15) is 0 Å². The SMILES string of the molecule is CC1CN(CCNCCc2ccsc2)CC1C. The van der Waals surface area contributed by atoms with Crippen LogP contribution in [0.5, 0.6) is 0 Å². The van der Waals surface area contributed by atoms with Crippen LogP contribution in [0, 0.1) is 11.8 Å². The summed E-state index contributed by atoms with van der Waals surface area (Å²) in [5, 5.41) is 7.94. The van der Waals surface area contributed by atoms with Crippen molar-refractivity contribution >= 4 is 11.3 Å². The summed E-state index contributed by atoms with van der Waals surface area (Å²) in [4.78, 5) is 2.59. The lowest BCUT2D eigenvalue weighted by molar-refractivity contribution is 0.322. The van der Waals surface area contributed by atoms with E-state index >= 15 is 0 Å². The first-order chi connectivity index (χ1) is 8.25. The Hall–Kier alpha value is -0.380.